The van der Waals surface area contributed by atoms with Crippen molar-refractivity contribution in [1.82, 2.24) is 4.72 Å². The number of aliphatic imine (C=N–C) groups is 1. The van der Waals surface area contributed by atoms with Crippen molar-refractivity contribution in [3.63, 3.8) is 0 Å². The van der Waals surface area contributed by atoms with Gasteiger partial charge in [-0.3, -0.25) is 0 Å². The molecule has 4 N–H and O–H groups in total. The zero-order valence-electron chi connectivity index (χ0n) is 15.7. The van der Waals surface area contributed by atoms with E-state index in [-0.39, 0.29) is 47.1 Å². The topological polar surface area (TPSA) is 96.6 Å². The summed E-state index contributed by atoms with van der Waals surface area (Å²) in [5.41, 5.74) is 5.32. The van der Waals surface area contributed by atoms with E-state index in [0.29, 0.717) is 5.56 Å². The second-order valence-corrected chi connectivity index (χ2v) is 8.56. The van der Waals surface area contributed by atoms with Crippen LogP contribution in [0.2, 0.25) is 0 Å². The molecule has 28 heavy (non-hydrogen) atoms. The minimum Gasteiger partial charge on any atom is -0.370 e. The van der Waals surface area contributed by atoms with Gasteiger partial charge in [0, 0.05) is 11.6 Å². The molecule has 0 radical (unpaired) electrons. The fourth-order valence-electron chi connectivity index (χ4n) is 2.30. The van der Waals surface area contributed by atoms with Crippen LogP contribution in [0.1, 0.15) is 26.3 Å². The highest BCUT2D eigenvalue weighted by molar-refractivity contribution is 14.0. The van der Waals surface area contributed by atoms with Crippen molar-refractivity contribution in [2.24, 2.45) is 10.7 Å². The molecule has 2 aromatic carbocycles. The Morgan fingerprint density at radius 1 is 1.14 bits per heavy atom. The first-order chi connectivity index (χ1) is 12.5. The summed E-state index contributed by atoms with van der Waals surface area (Å²) in [5, 5.41) is 2.47. The average Bonchev–Trinajstić information content (AvgIpc) is 2.54. The SMILES string of the molecule is CC(C)(C)NS(=O)(=O)c1ccccc1CN=C(N)Nc1cc(F)ccc1F.I. The Kier molecular flexibility index (Phi) is 8.32. The van der Waals surface area contributed by atoms with E-state index in [1.54, 1.807) is 39.0 Å². The summed E-state index contributed by atoms with van der Waals surface area (Å²) in [5.74, 6) is -1.49. The summed E-state index contributed by atoms with van der Waals surface area (Å²) >= 11 is 0. The molecule has 0 unspecified atom stereocenters. The number of nitrogens with zero attached hydrogens (tertiary/aromatic N) is 1. The number of anilines is 1. The van der Waals surface area contributed by atoms with Crippen molar-refractivity contribution in [3.8, 4) is 0 Å². The van der Waals surface area contributed by atoms with Gasteiger partial charge in [0.15, 0.2) is 5.96 Å². The first-order valence-electron chi connectivity index (χ1n) is 8.12. The molecule has 0 amide bonds. The van der Waals surface area contributed by atoms with Crippen LogP contribution in [0.5, 0.6) is 0 Å². The van der Waals surface area contributed by atoms with Crippen LogP contribution >= 0.6 is 24.0 Å². The van der Waals surface area contributed by atoms with E-state index in [2.05, 4.69) is 15.0 Å². The lowest BCUT2D eigenvalue weighted by Gasteiger charge is -2.21. The summed E-state index contributed by atoms with van der Waals surface area (Å²) < 4.78 is 54.6. The van der Waals surface area contributed by atoms with Crippen molar-refractivity contribution >= 4 is 45.6 Å². The van der Waals surface area contributed by atoms with Gasteiger partial charge >= 0.3 is 0 Å². The van der Waals surface area contributed by atoms with Crippen molar-refractivity contribution in [3.05, 3.63) is 59.7 Å². The summed E-state index contributed by atoms with van der Waals surface area (Å²) in [6, 6.07) is 9.25. The number of hydrogen-bond donors (Lipinski definition) is 3. The molecule has 0 fully saturated rings. The van der Waals surface area contributed by atoms with E-state index in [0.717, 1.165) is 18.2 Å². The minimum absolute atomic E-state index is 0. The maximum atomic E-state index is 13.6. The van der Waals surface area contributed by atoms with E-state index in [1.807, 2.05) is 0 Å². The highest BCUT2D eigenvalue weighted by atomic mass is 127. The third kappa shape index (κ3) is 6.99. The molecule has 0 aliphatic rings. The summed E-state index contributed by atoms with van der Waals surface area (Å²) in [7, 11) is -3.76. The fourth-order valence-corrected chi connectivity index (χ4v) is 3.95. The smallest absolute Gasteiger partial charge is 0.241 e. The monoisotopic (exact) mass is 524 g/mol. The Bertz CT molecular complexity index is 960. The second-order valence-electron chi connectivity index (χ2n) is 6.91. The molecular formula is C18H23F2IN4O2S. The van der Waals surface area contributed by atoms with Crippen LogP contribution in [0.3, 0.4) is 0 Å². The summed E-state index contributed by atoms with van der Waals surface area (Å²) in [6.45, 7) is 5.15. The second kappa shape index (κ2) is 9.61. The number of sulfonamides is 1. The molecule has 0 aliphatic carbocycles. The number of benzene rings is 2. The first-order valence-corrected chi connectivity index (χ1v) is 9.60. The first kappa shape index (κ1) is 24.2. The molecule has 0 bridgehead atoms. The van der Waals surface area contributed by atoms with Gasteiger partial charge < -0.3 is 11.1 Å². The number of hydrogen-bond acceptors (Lipinski definition) is 3. The van der Waals surface area contributed by atoms with Crippen molar-refractivity contribution in [1.29, 1.82) is 0 Å². The van der Waals surface area contributed by atoms with Crippen LogP contribution in [-0.4, -0.2) is 19.9 Å². The molecule has 10 heteroatoms. The highest BCUT2D eigenvalue weighted by Gasteiger charge is 2.24. The van der Waals surface area contributed by atoms with Crippen LogP contribution < -0.4 is 15.8 Å². The maximum absolute atomic E-state index is 13.6. The van der Waals surface area contributed by atoms with Gasteiger partial charge in [0.2, 0.25) is 10.0 Å². The van der Waals surface area contributed by atoms with E-state index in [1.165, 1.54) is 6.07 Å². The van der Waals surface area contributed by atoms with Crippen LogP contribution in [0.25, 0.3) is 0 Å². The Morgan fingerprint density at radius 3 is 2.43 bits per heavy atom. The fraction of sp³-hybridized carbons (Fsp3) is 0.278. The van der Waals surface area contributed by atoms with Gasteiger partial charge in [-0.1, -0.05) is 18.2 Å². The van der Waals surface area contributed by atoms with Gasteiger partial charge in [0.25, 0.3) is 0 Å². The van der Waals surface area contributed by atoms with Gasteiger partial charge in [0.05, 0.1) is 17.1 Å². The van der Waals surface area contributed by atoms with Crippen molar-refractivity contribution in [2.75, 3.05) is 5.32 Å². The zero-order chi connectivity index (χ0) is 20.2. The molecule has 2 aromatic rings. The van der Waals surface area contributed by atoms with E-state index in [9.17, 15) is 17.2 Å². The normalized spacial score (nSPS) is 12.4. The largest absolute Gasteiger partial charge is 0.370 e. The Morgan fingerprint density at radius 2 is 1.79 bits per heavy atom. The van der Waals surface area contributed by atoms with Crippen LogP contribution in [0.4, 0.5) is 14.5 Å². The van der Waals surface area contributed by atoms with Gasteiger partial charge in [-0.25, -0.2) is 26.9 Å². The molecule has 6 nitrogen and oxygen atoms in total. The standard InChI is InChI=1S/C18H22F2N4O2S.HI/c1-18(2,3)24-27(25,26)16-7-5-4-6-12(16)11-22-17(21)23-15-10-13(19)8-9-14(15)20;/h4-10,24H,11H2,1-3H3,(H3,21,22,23);1H. The van der Waals surface area contributed by atoms with Gasteiger partial charge in [0.1, 0.15) is 11.6 Å². The number of rotatable bonds is 5. The number of guanidine groups is 1. The van der Waals surface area contributed by atoms with Gasteiger partial charge in [-0.2, -0.15) is 0 Å². The molecule has 2 rings (SSSR count). The predicted octanol–water partition coefficient (Wildman–Crippen LogP) is 3.59. The molecular weight excluding hydrogens is 501 g/mol. The zero-order valence-corrected chi connectivity index (χ0v) is 18.8. The molecule has 0 saturated carbocycles. The molecule has 0 spiro atoms. The highest BCUT2D eigenvalue weighted by Crippen LogP contribution is 2.19. The number of nitrogens with one attached hydrogen (secondary N) is 2. The molecule has 0 saturated heterocycles. The molecule has 0 aliphatic heterocycles. The summed E-state index contributed by atoms with van der Waals surface area (Å²) in [6.07, 6.45) is 0. The Balaban J connectivity index is 0.00000392. The Hall–Kier alpha value is -1.79. The van der Waals surface area contributed by atoms with Crippen molar-refractivity contribution in [2.45, 2.75) is 37.8 Å². The van der Waals surface area contributed by atoms with Crippen LogP contribution in [0, 0.1) is 11.6 Å². The van der Waals surface area contributed by atoms with Crippen molar-refractivity contribution < 1.29 is 17.2 Å². The molecule has 154 valence electrons. The van der Waals surface area contributed by atoms with E-state index in [4.69, 9.17) is 5.73 Å². The predicted molar refractivity (Wildman–Crippen MR) is 117 cm³/mol. The number of nitrogens with two attached hydrogens (primary N) is 1. The third-order valence-corrected chi connectivity index (χ3v) is 5.17. The quantitative estimate of drug-likeness (QED) is 0.317. The molecule has 0 atom stereocenters. The molecule has 0 heterocycles. The number of halogens is 3. The molecule has 0 aromatic heterocycles. The van der Waals surface area contributed by atoms with Gasteiger partial charge in [-0.05, 0) is 44.5 Å². The third-order valence-electron chi connectivity index (χ3n) is 3.31. The Labute approximate surface area is 180 Å². The summed E-state index contributed by atoms with van der Waals surface area (Å²) in [4.78, 5) is 4.11. The van der Waals surface area contributed by atoms with Gasteiger partial charge in [-0.15, -0.1) is 24.0 Å². The van der Waals surface area contributed by atoms with Crippen LogP contribution in [0.15, 0.2) is 52.4 Å². The van der Waals surface area contributed by atoms with E-state index >= 15 is 0 Å². The van der Waals surface area contributed by atoms with E-state index < -0.39 is 27.2 Å². The average molecular weight is 524 g/mol. The lowest BCUT2D eigenvalue weighted by atomic mass is 10.1. The lowest BCUT2D eigenvalue weighted by Crippen LogP contribution is -2.40. The minimum atomic E-state index is -3.76. The lowest BCUT2D eigenvalue weighted by molar-refractivity contribution is 0.491. The maximum Gasteiger partial charge on any atom is 0.241 e. The van der Waals surface area contributed by atoms with Crippen LogP contribution in [-0.2, 0) is 16.6 Å².